The fraction of sp³-hybridized carbons (Fsp3) is 0. The topological polar surface area (TPSA) is 38.9 Å². The predicted molar refractivity (Wildman–Crippen MR) is 46.2 cm³/mol. The number of nitrogens with two attached hydrogens (primary N) is 1. The highest BCUT2D eigenvalue weighted by Gasteiger charge is 1.90. The maximum Gasteiger partial charge on any atom is 0.0847 e. The molecule has 54 valence electrons. The van der Waals surface area contributed by atoms with E-state index in [2.05, 4.69) is 4.98 Å². The third kappa shape index (κ3) is 1.03. The fourth-order valence-corrected chi connectivity index (χ4v) is 1.05. The van der Waals surface area contributed by atoms with Gasteiger partial charge in [-0.15, -0.1) is 0 Å². The Morgan fingerprint density at radius 3 is 3.09 bits per heavy atom. The molecule has 0 aliphatic carbocycles. The fourth-order valence-electron chi connectivity index (χ4n) is 1.05. The van der Waals surface area contributed by atoms with Gasteiger partial charge in [0.05, 0.1) is 1.37 Å². The Labute approximate surface area is 66.1 Å². The van der Waals surface area contributed by atoms with Crippen molar-refractivity contribution in [1.82, 2.24) is 4.98 Å². The Hall–Kier alpha value is -1.57. The molecule has 0 saturated heterocycles. The van der Waals surface area contributed by atoms with E-state index in [9.17, 15) is 0 Å². The van der Waals surface area contributed by atoms with Crippen molar-refractivity contribution in [1.29, 1.82) is 0 Å². The first-order valence-electron chi connectivity index (χ1n) is 3.88. The summed E-state index contributed by atoms with van der Waals surface area (Å²) in [6.07, 6.45) is 1.91. The smallest absolute Gasteiger partial charge is 0.0847 e. The molecule has 2 N–H and O–H groups in total. The first kappa shape index (κ1) is 5.13. The van der Waals surface area contributed by atoms with Gasteiger partial charge in [-0.3, -0.25) is 4.98 Å². The molecular weight excluding hydrogens is 136 g/mol. The number of aromatic nitrogens is 1. The second-order valence-corrected chi connectivity index (χ2v) is 2.40. The van der Waals surface area contributed by atoms with Crippen LogP contribution in [-0.2, 0) is 0 Å². The molecule has 2 rings (SSSR count). The zero-order chi connectivity index (χ0) is 8.55. The normalized spacial score (nSPS) is 11.5. The molecule has 0 bridgehead atoms. The number of hydrogen-bond acceptors (Lipinski definition) is 2. The zero-order valence-electron chi connectivity index (χ0n) is 6.91. The highest BCUT2D eigenvalue weighted by Crippen LogP contribution is 2.14. The van der Waals surface area contributed by atoms with Crippen molar-refractivity contribution < 1.29 is 1.37 Å². The summed E-state index contributed by atoms with van der Waals surface area (Å²) in [5.74, 6) is 0. The standard InChI is InChI=1S/C9H8N2/c10-9-2-1-8-6-11-4-3-7(8)5-9/h1-6H,10H2/i6D. The van der Waals surface area contributed by atoms with Gasteiger partial charge in [-0.25, -0.2) is 0 Å². The van der Waals surface area contributed by atoms with Crippen molar-refractivity contribution in [3.05, 3.63) is 36.6 Å². The van der Waals surface area contributed by atoms with Gasteiger partial charge in [0, 0.05) is 23.4 Å². The number of nitrogen functional groups attached to an aromatic ring is 1. The quantitative estimate of drug-likeness (QED) is 0.574. The van der Waals surface area contributed by atoms with Gasteiger partial charge in [-0.2, -0.15) is 0 Å². The van der Waals surface area contributed by atoms with Crippen LogP contribution in [0.4, 0.5) is 5.69 Å². The van der Waals surface area contributed by atoms with Crippen LogP contribution in [0.3, 0.4) is 0 Å². The minimum absolute atomic E-state index is 0.299. The van der Waals surface area contributed by atoms with Gasteiger partial charge in [0.15, 0.2) is 0 Å². The van der Waals surface area contributed by atoms with E-state index in [0.29, 0.717) is 11.9 Å². The number of nitrogens with zero attached hydrogens (tertiary/aromatic N) is 1. The number of rotatable bonds is 0. The van der Waals surface area contributed by atoms with E-state index in [1.165, 1.54) is 0 Å². The van der Waals surface area contributed by atoms with Crippen LogP contribution in [0, 0.1) is 0 Å². The third-order valence-corrected chi connectivity index (χ3v) is 1.59. The molecule has 2 heteroatoms. The molecule has 0 unspecified atom stereocenters. The summed E-state index contributed by atoms with van der Waals surface area (Å²) in [6, 6.07) is 7.29. The molecule has 0 amide bonds. The maximum absolute atomic E-state index is 7.48. The minimum Gasteiger partial charge on any atom is -0.399 e. The maximum atomic E-state index is 7.48. The lowest BCUT2D eigenvalue weighted by molar-refractivity contribution is 1.36. The largest absolute Gasteiger partial charge is 0.399 e. The summed E-state index contributed by atoms with van der Waals surface area (Å²) in [5, 5.41) is 1.81. The van der Waals surface area contributed by atoms with Gasteiger partial charge in [0.25, 0.3) is 0 Å². The van der Waals surface area contributed by atoms with Crippen molar-refractivity contribution in [2.45, 2.75) is 0 Å². The Balaban J connectivity index is 2.86. The first-order chi connectivity index (χ1) is 5.77. The van der Waals surface area contributed by atoms with Gasteiger partial charge < -0.3 is 5.73 Å². The molecule has 0 radical (unpaired) electrons. The first-order valence-corrected chi connectivity index (χ1v) is 3.38. The van der Waals surface area contributed by atoms with Crippen molar-refractivity contribution in [3.63, 3.8) is 0 Å². The van der Waals surface area contributed by atoms with E-state index in [-0.39, 0.29) is 0 Å². The van der Waals surface area contributed by atoms with Crippen LogP contribution in [0.1, 0.15) is 1.37 Å². The predicted octanol–water partition coefficient (Wildman–Crippen LogP) is 1.82. The molecule has 1 aromatic carbocycles. The van der Waals surface area contributed by atoms with Crippen molar-refractivity contribution in [2.75, 3.05) is 5.73 Å². The number of benzene rings is 1. The lowest BCUT2D eigenvalue weighted by Crippen LogP contribution is -1.83. The lowest BCUT2D eigenvalue weighted by Gasteiger charge is -1.96. The third-order valence-electron chi connectivity index (χ3n) is 1.59. The van der Waals surface area contributed by atoms with E-state index in [4.69, 9.17) is 7.10 Å². The number of hydrogen-bond donors (Lipinski definition) is 1. The SMILES string of the molecule is [2H]c1nccc2cc(N)ccc12. The van der Waals surface area contributed by atoms with Crippen molar-refractivity contribution in [2.24, 2.45) is 0 Å². The Kier molecular flexibility index (Phi) is 1.04. The summed E-state index contributed by atoms with van der Waals surface area (Å²) < 4.78 is 7.48. The summed E-state index contributed by atoms with van der Waals surface area (Å²) in [7, 11) is 0. The molecule has 0 atom stereocenters. The minimum atomic E-state index is 0.299. The Morgan fingerprint density at radius 2 is 2.18 bits per heavy atom. The van der Waals surface area contributed by atoms with Crippen LogP contribution in [0.25, 0.3) is 10.8 Å². The highest BCUT2D eigenvalue weighted by atomic mass is 14.6. The number of fused-ring (bicyclic) bond motifs is 1. The Morgan fingerprint density at radius 1 is 1.27 bits per heavy atom. The molecule has 2 aromatic rings. The number of pyridine rings is 1. The number of anilines is 1. The average Bonchev–Trinajstić information content (AvgIpc) is 2.04. The monoisotopic (exact) mass is 145 g/mol. The average molecular weight is 145 g/mol. The van der Waals surface area contributed by atoms with Crippen LogP contribution in [0.2, 0.25) is 0 Å². The van der Waals surface area contributed by atoms with E-state index in [1.54, 1.807) is 12.3 Å². The molecule has 0 fully saturated rings. The summed E-state index contributed by atoms with van der Waals surface area (Å²) in [4.78, 5) is 3.86. The molecule has 1 heterocycles. The van der Waals surface area contributed by atoms with Crippen LogP contribution in [-0.4, -0.2) is 4.98 Å². The van der Waals surface area contributed by atoms with Gasteiger partial charge in [-0.1, -0.05) is 6.07 Å². The van der Waals surface area contributed by atoms with Gasteiger partial charge in [0.2, 0.25) is 0 Å². The van der Waals surface area contributed by atoms with E-state index >= 15 is 0 Å². The van der Waals surface area contributed by atoms with E-state index in [1.807, 2.05) is 18.2 Å². The van der Waals surface area contributed by atoms with E-state index in [0.717, 1.165) is 10.8 Å². The van der Waals surface area contributed by atoms with Crippen molar-refractivity contribution in [3.8, 4) is 0 Å². The van der Waals surface area contributed by atoms with Crippen LogP contribution < -0.4 is 5.73 Å². The molecule has 0 aliphatic rings. The van der Waals surface area contributed by atoms with Gasteiger partial charge in [0.1, 0.15) is 0 Å². The Bertz CT molecular complexity index is 426. The molecule has 2 nitrogen and oxygen atoms in total. The zero-order valence-corrected chi connectivity index (χ0v) is 5.91. The van der Waals surface area contributed by atoms with Crippen LogP contribution in [0.5, 0.6) is 0 Å². The molecule has 11 heavy (non-hydrogen) atoms. The lowest BCUT2D eigenvalue weighted by atomic mass is 10.2. The molecular formula is C9H8N2. The molecule has 0 saturated carbocycles. The van der Waals surface area contributed by atoms with Gasteiger partial charge >= 0.3 is 0 Å². The van der Waals surface area contributed by atoms with Crippen molar-refractivity contribution >= 4 is 16.5 Å². The highest BCUT2D eigenvalue weighted by molar-refractivity contribution is 5.84. The van der Waals surface area contributed by atoms with Gasteiger partial charge in [-0.05, 0) is 23.6 Å². The summed E-state index contributed by atoms with van der Waals surface area (Å²) in [6.45, 7) is 0. The van der Waals surface area contributed by atoms with Crippen LogP contribution in [0.15, 0.2) is 36.6 Å². The van der Waals surface area contributed by atoms with E-state index < -0.39 is 0 Å². The second-order valence-electron chi connectivity index (χ2n) is 2.40. The molecule has 1 aromatic heterocycles. The molecule has 0 aliphatic heterocycles. The summed E-state index contributed by atoms with van der Waals surface area (Å²) >= 11 is 0. The second kappa shape index (κ2) is 2.23. The summed E-state index contributed by atoms with van der Waals surface area (Å²) in [5.41, 5.74) is 6.31. The molecule has 0 spiro atoms. The van der Waals surface area contributed by atoms with Crippen LogP contribution >= 0.6 is 0 Å².